The van der Waals surface area contributed by atoms with E-state index in [1.54, 1.807) is 0 Å². The van der Waals surface area contributed by atoms with Crippen molar-refractivity contribution in [3.8, 4) is 0 Å². The second-order valence-corrected chi connectivity index (χ2v) is 26.7. The van der Waals surface area contributed by atoms with Crippen LogP contribution in [0.25, 0.3) is 0 Å². The summed E-state index contributed by atoms with van der Waals surface area (Å²) in [7, 11) is 0. The Kier molecular flexibility index (Phi) is 19.1. The van der Waals surface area contributed by atoms with E-state index in [2.05, 4.69) is 27.7 Å². The first-order valence-electron chi connectivity index (χ1n) is 30.3. The Hall–Kier alpha value is -1.08. The molecule has 7 unspecified atom stereocenters. The highest BCUT2D eigenvalue weighted by molar-refractivity contribution is 5.16. The van der Waals surface area contributed by atoms with E-state index in [1.807, 2.05) is 0 Å². The van der Waals surface area contributed by atoms with Crippen LogP contribution in [0.3, 0.4) is 0 Å². The molecule has 7 saturated heterocycles. The molecule has 0 aromatic rings. The highest BCUT2D eigenvalue weighted by atomic mass is 16.8. The average molecular weight is 1200 g/mol. The van der Waals surface area contributed by atoms with Crippen molar-refractivity contribution in [2.45, 2.75) is 257 Å². The fourth-order valence-corrected chi connectivity index (χ4v) is 17.4. The number of fused-ring (bicyclic) bond motifs is 7. The quantitative estimate of drug-likeness (QED) is 0.0730. The van der Waals surface area contributed by atoms with E-state index in [9.17, 15) is 76.6 Å². The van der Waals surface area contributed by atoms with Gasteiger partial charge in [0.15, 0.2) is 37.2 Å². The smallest absolute Gasteiger partial charge is 0.187 e. The summed E-state index contributed by atoms with van der Waals surface area (Å²) in [5.41, 5.74) is 0.221. The van der Waals surface area contributed by atoms with Gasteiger partial charge in [0.05, 0.1) is 51.8 Å². The molecule has 36 atom stereocenters. The zero-order chi connectivity index (χ0) is 59.4. The van der Waals surface area contributed by atoms with Gasteiger partial charge in [-0.2, -0.15) is 0 Å². The van der Waals surface area contributed by atoms with E-state index < -0.39 is 186 Å². The molecule has 0 aromatic heterocycles. The van der Waals surface area contributed by atoms with Crippen molar-refractivity contribution >= 4 is 0 Å². The van der Waals surface area contributed by atoms with Crippen LogP contribution >= 0.6 is 0 Å². The maximum atomic E-state index is 12.0. The number of aliphatic hydroxyl groups excluding tert-OH is 15. The SMILES string of the molecule is CC1CC[C@@]2(OC1)OC1CC3C4CCC5C[C@@H](O[C@@H]6O[C@H](CO)[C@H](O[C@@H]7O[C@H](CO)[C@@H](O)[C@H](O[C@@H]8OC[C@@H](O)[C@H](O)[C@H]8O)[C@H]7O[C@@H]7O[C@H](CO)[C@H](O)[C@H](O[C@@H]8O[C@H](CO)[C@@H](O)[C@H](O)[C@H]8O)[C@H]7O)[C@H](O)[C@H]6O)CC[C@]5(C)C4CC[C@]3(C)C1[C@@H]2C. The zero-order valence-corrected chi connectivity index (χ0v) is 47.5. The molecule has 27 nitrogen and oxygen atoms in total. The van der Waals surface area contributed by atoms with Crippen LogP contribution in [0, 0.1) is 52.3 Å². The van der Waals surface area contributed by atoms with Gasteiger partial charge in [-0.15, -0.1) is 0 Å². The van der Waals surface area contributed by atoms with Crippen LogP contribution in [-0.4, -0.2) is 282 Å². The van der Waals surface area contributed by atoms with Crippen LogP contribution < -0.4 is 0 Å². The summed E-state index contributed by atoms with van der Waals surface area (Å²) in [6.45, 7) is 6.14. The second-order valence-electron chi connectivity index (χ2n) is 26.7. The van der Waals surface area contributed by atoms with Crippen molar-refractivity contribution in [1.29, 1.82) is 0 Å². The van der Waals surface area contributed by atoms with Crippen LogP contribution in [0.2, 0.25) is 0 Å². The van der Waals surface area contributed by atoms with Crippen molar-refractivity contribution in [2.75, 3.05) is 39.6 Å². The predicted molar refractivity (Wildman–Crippen MR) is 275 cm³/mol. The third-order valence-corrected chi connectivity index (χ3v) is 22.1. The van der Waals surface area contributed by atoms with Gasteiger partial charge in [0.25, 0.3) is 0 Å². The number of aliphatic hydroxyl groups is 15. The topological polar surface area (TPSA) is 414 Å². The van der Waals surface area contributed by atoms with Gasteiger partial charge in [0.1, 0.15) is 116 Å². The first-order valence-corrected chi connectivity index (χ1v) is 30.3. The molecule has 7 aliphatic heterocycles. The maximum absolute atomic E-state index is 12.0. The monoisotopic (exact) mass is 1200 g/mol. The lowest BCUT2D eigenvalue weighted by Gasteiger charge is -2.61. The van der Waals surface area contributed by atoms with Gasteiger partial charge in [-0.25, -0.2) is 0 Å². The summed E-state index contributed by atoms with van der Waals surface area (Å²) < 4.78 is 73.4. The Morgan fingerprint density at radius 2 is 1.01 bits per heavy atom. The van der Waals surface area contributed by atoms with E-state index >= 15 is 0 Å². The Balaban J connectivity index is 0.784. The van der Waals surface area contributed by atoms with E-state index in [0.717, 1.165) is 58.0 Å². The summed E-state index contributed by atoms with van der Waals surface area (Å²) in [6, 6.07) is 0. The fraction of sp³-hybridized carbons (Fsp3) is 1.00. The zero-order valence-electron chi connectivity index (χ0n) is 47.5. The molecule has 0 aromatic carbocycles. The summed E-state index contributed by atoms with van der Waals surface area (Å²) in [6.07, 6.45) is -34.5. The molecule has 478 valence electrons. The minimum atomic E-state index is -2.18. The van der Waals surface area contributed by atoms with E-state index in [0.29, 0.717) is 54.3 Å². The van der Waals surface area contributed by atoms with E-state index in [1.165, 1.54) is 0 Å². The van der Waals surface area contributed by atoms with Crippen molar-refractivity contribution < 1.29 is 133 Å². The Bertz CT molecular complexity index is 2140. The highest BCUT2D eigenvalue weighted by Gasteiger charge is 2.70. The highest BCUT2D eigenvalue weighted by Crippen LogP contribution is 2.71. The lowest BCUT2D eigenvalue weighted by Crippen LogP contribution is -2.69. The minimum Gasteiger partial charge on any atom is -0.394 e. The molecule has 83 heavy (non-hydrogen) atoms. The summed E-state index contributed by atoms with van der Waals surface area (Å²) >= 11 is 0. The van der Waals surface area contributed by atoms with Gasteiger partial charge < -0.3 is 133 Å². The standard InChI is InChI=1S/C56H92O27/c1-21-7-12-56(73-19-21)22(2)34-29(83-56)14-27-25-6-5-23-13-24(8-10-54(23,3)26(25)9-11-55(27,34)4)74-50-43(70)40(67)45(33(18-60)78-50)79-53-48(47(38(65)32(17-59)77-53)81-49-41(68)35(62)28(61)20-72-49)82-52-44(71)46(37(64)31(16-58)76-52)80-51-42(69)39(66)36(63)30(15-57)75-51/h21-53,57-71H,5-20H2,1-4H3/t21?,22-,23?,24-,25?,26?,27?,28+,29?,30+,31+,32+,33+,34?,35-,36+,37-,38+,39-,40+,41+,42+,43+,44+,45-,46-,47-,48+,49-,50+,51-,52-,53-,54-,55-,56+/m0/s1. The molecule has 0 amide bonds. The summed E-state index contributed by atoms with van der Waals surface area (Å²) in [5, 5.41) is 164. The van der Waals surface area contributed by atoms with Crippen molar-refractivity contribution in [3.63, 3.8) is 0 Å². The second kappa shape index (κ2) is 25.0. The molecule has 4 saturated carbocycles. The third-order valence-electron chi connectivity index (χ3n) is 22.1. The Morgan fingerprint density at radius 3 is 1.69 bits per heavy atom. The van der Waals surface area contributed by atoms with Crippen LogP contribution in [0.4, 0.5) is 0 Å². The van der Waals surface area contributed by atoms with Gasteiger partial charge in [0, 0.05) is 12.3 Å². The lowest BCUT2D eigenvalue weighted by molar-refractivity contribution is -0.409. The third kappa shape index (κ3) is 11.2. The first kappa shape index (κ1) is 63.5. The van der Waals surface area contributed by atoms with E-state index in [4.69, 9.17) is 56.8 Å². The fourth-order valence-electron chi connectivity index (χ4n) is 17.4. The van der Waals surface area contributed by atoms with Gasteiger partial charge in [-0.05, 0) is 104 Å². The number of hydrogen-bond donors (Lipinski definition) is 15. The Labute approximate surface area is 481 Å². The average Bonchev–Trinajstić information content (AvgIpc) is 4.01. The minimum absolute atomic E-state index is 0.0500. The van der Waals surface area contributed by atoms with Crippen LogP contribution in [0.1, 0.15) is 91.9 Å². The van der Waals surface area contributed by atoms with Crippen molar-refractivity contribution in [2.24, 2.45) is 52.3 Å². The van der Waals surface area contributed by atoms with Crippen molar-refractivity contribution in [3.05, 3.63) is 0 Å². The van der Waals surface area contributed by atoms with Crippen LogP contribution in [0.5, 0.6) is 0 Å². The molecule has 0 bridgehead atoms. The predicted octanol–water partition coefficient (Wildman–Crippen LogP) is -4.45. The molecular formula is C56H92O27. The van der Waals surface area contributed by atoms with Gasteiger partial charge in [0.2, 0.25) is 0 Å². The molecule has 4 aliphatic carbocycles. The lowest BCUT2D eigenvalue weighted by atomic mass is 9.44. The number of ether oxygens (including phenoxy) is 12. The molecule has 11 fully saturated rings. The van der Waals surface area contributed by atoms with E-state index in [-0.39, 0.29) is 23.0 Å². The molecule has 11 aliphatic rings. The number of rotatable bonds is 14. The molecule has 1 spiro atoms. The van der Waals surface area contributed by atoms with Gasteiger partial charge in [-0.3, -0.25) is 0 Å². The largest absolute Gasteiger partial charge is 0.394 e. The molecule has 0 radical (unpaired) electrons. The molecular weight excluding hydrogens is 1100 g/mol. The summed E-state index contributed by atoms with van der Waals surface area (Å²) in [5.74, 6) is 2.83. The number of hydrogen-bond acceptors (Lipinski definition) is 27. The molecule has 11 rings (SSSR count). The van der Waals surface area contributed by atoms with Gasteiger partial charge in [-0.1, -0.05) is 27.7 Å². The molecule has 7 heterocycles. The summed E-state index contributed by atoms with van der Waals surface area (Å²) in [4.78, 5) is 0. The maximum Gasteiger partial charge on any atom is 0.187 e. The van der Waals surface area contributed by atoms with Gasteiger partial charge >= 0.3 is 0 Å². The normalized spacial score (nSPS) is 57.4. The van der Waals surface area contributed by atoms with Crippen LogP contribution in [0.15, 0.2) is 0 Å². The molecule has 15 N–H and O–H groups in total. The van der Waals surface area contributed by atoms with Crippen molar-refractivity contribution in [1.82, 2.24) is 0 Å². The Morgan fingerprint density at radius 1 is 0.446 bits per heavy atom. The van der Waals surface area contributed by atoms with Crippen LogP contribution in [-0.2, 0) is 56.8 Å². The molecule has 27 heteroatoms. The first-order chi connectivity index (χ1) is 39.5.